The van der Waals surface area contributed by atoms with Crippen LogP contribution in [0.25, 0.3) is 0 Å². The van der Waals surface area contributed by atoms with Gasteiger partial charge in [-0.25, -0.2) is 0 Å². The van der Waals surface area contributed by atoms with Gasteiger partial charge in [0.15, 0.2) is 0 Å². The first-order valence-corrected chi connectivity index (χ1v) is 4.91. The van der Waals surface area contributed by atoms with E-state index in [1.165, 1.54) is 5.56 Å². The minimum Gasteiger partial charge on any atom is -0.342 e. The third kappa shape index (κ3) is 1.49. The lowest BCUT2D eigenvalue weighted by Crippen LogP contribution is -2.12. The lowest BCUT2D eigenvalue weighted by atomic mass is 10.1. The van der Waals surface area contributed by atoms with Crippen molar-refractivity contribution in [3.63, 3.8) is 0 Å². The summed E-state index contributed by atoms with van der Waals surface area (Å²) in [6, 6.07) is 10.2. The molecule has 1 aromatic rings. The molecule has 0 aliphatic carbocycles. The molecule has 1 atom stereocenters. The van der Waals surface area contributed by atoms with E-state index < -0.39 is 0 Å². The summed E-state index contributed by atoms with van der Waals surface area (Å²) in [5, 5.41) is 8.69. The molecule has 0 aromatic heterocycles. The maximum absolute atomic E-state index is 8.69. The Hall–Kier alpha value is -1.40. The van der Waals surface area contributed by atoms with E-state index in [9.17, 15) is 0 Å². The van der Waals surface area contributed by atoms with Gasteiger partial charge in [0, 0.05) is 5.56 Å². The molecule has 2 nitrogen and oxygen atoms in total. The van der Waals surface area contributed by atoms with Gasteiger partial charge in [0.1, 0.15) is 11.0 Å². The summed E-state index contributed by atoms with van der Waals surface area (Å²) >= 11 is 5.31. The molecule has 14 heavy (non-hydrogen) atoms. The number of hydrogen-bond acceptors (Lipinski definition) is 2. The molecule has 1 fully saturated rings. The van der Waals surface area contributed by atoms with Crippen molar-refractivity contribution in [2.24, 2.45) is 0 Å². The van der Waals surface area contributed by atoms with E-state index in [4.69, 9.17) is 17.5 Å². The average molecular weight is 202 g/mol. The van der Waals surface area contributed by atoms with E-state index in [2.05, 4.69) is 6.07 Å². The second-order valence-corrected chi connectivity index (χ2v) is 3.80. The molecule has 1 aromatic carbocycles. The topological polar surface area (TPSA) is 26.8 Å². The molecule has 1 unspecified atom stereocenters. The highest BCUT2D eigenvalue weighted by atomic mass is 32.1. The van der Waals surface area contributed by atoms with Crippen LogP contribution in [0.2, 0.25) is 0 Å². The molecule has 1 aliphatic rings. The number of thiocarbonyl (C=S) groups is 1. The molecule has 0 N–H and O–H groups in total. The fourth-order valence-corrected chi connectivity index (χ4v) is 1.87. The molecular formula is C11H10N2S. The average Bonchev–Trinajstić information content (AvgIpc) is 2.96. The first-order chi connectivity index (χ1) is 6.74. The molecule has 70 valence electrons. The lowest BCUT2D eigenvalue weighted by molar-refractivity contribution is 0.819. The highest BCUT2D eigenvalue weighted by molar-refractivity contribution is 7.80. The van der Waals surface area contributed by atoms with Gasteiger partial charge >= 0.3 is 0 Å². The molecule has 1 saturated heterocycles. The van der Waals surface area contributed by atoms with Crippen LogP contribution < -0.4 is 0 Å². The van der Waals surface area contributed by atoms with Gasteiger partial charge in [-0.15, -0.1) is 0 Å². The van der Waals surface area contributed by atoms with E-state index in [1.807, 2.05) is 36.1 Å². The second kappa shape index (κ2) is 3.39. The van der Waals surface area contributed by atoms with Crippen molar-refractivity contribution in [1.82, 2.24) is 4.90 Å². The standard InChI is InChI=1S/C11H10N2S/c1-8-4-2-3-5-10(8)11(14)13-7-9(13)6-12/h2-5,9H,7H2,1H3. The summed E-state index contributed by atoms with van der Waals surface area (Å²) in [6.45, 7) is 2.82. The summed E-state index contributed by atoms with van der Waals surface area (Å²) in [5.74, 6) is 0. The Morgan fingerprint density at radius 3 is 2.86 bits per heavy atom. The Labute approximate surface area is 88.8 Å². The maximum atomic E-state index is 8.69. The fraction of sp³-hybridized carbons (Fsp3) is 0.273. The van der Waals surface area contributed by atoms with Crippen LogP contribution in [0.4, 0.5) is 0 Å². The molecule has 1 heterocycles. The predicted octanol–water partition coefficient (Wildman–Crippen LogP) is 1.88. The van der Waals surface area contributed by atoms with Crippen LogP contribution in [0.15, 0.2) is 24.3 Å². The van der Waals surface area contributed by atoms with Crippen LogP contribution in [0.3, 0.4) is 0 Å². The third-order valence-corrected chi connectivity index (χ3v) is 2.85. The van der Waals surface area contributed by atoms with E-state index in [0.717, 1.165) is 17.1 Å². The number of benzene rings is 1. The number of rotatable bonds is 1. The van der Waals surface area contributed by atoms with Crippen LogP contribution in [0, 0.1) is 18.3 Å². The summed E-state index contributed by atoms with van der Waals surface area (Å²) in [6.07, 6.45) is 0. The van der Waals surface area contributed by atoms with Crippen molar-refractivity contribution in [2.45, 2.75) is 13.0 Å². The minimum absolute atomic E-state index is 0.00195. The van der Waals surface area contributed by atoms with Gasteiger partial charge in [-0.05, 0) is 12.5 Å². The first-order valence-electron chi connectivity index (χ1n) is 4.50. The number of nitrogens with zero attached hydrogens (tertiary/aromatic N) is 2. The largest absolute Gasteiger partial charge is 0.342 e. The van der Waals surface area contributed by atoms with Crippen molar-refractivity contribution in [3.8, 4) is 6.07 Å². The Balaban J connectivity index is 2.22. The van der Waals surface area contributed by atoms with Gasteiger partial charge < -0.3 is 4.90 Å². The molecule has 0 spiro atoms. The lowest BCUT2D eigenvalue weighted by Gasteiger charge is -2.08. The van der Waals surface area contributed by atoms with Crippen molar-refractivity contribution >= 4 is 17.2 Å². The smallest absolute Gasteiger partial charge is 0.135 e. The third-order valence-electron chi connectivity index (χ3n) is 2.40. The predicted molar refractivity (Wildman–Crippen MR) is 59.0 cm³/mol. The normalized spacial score (nSPS) is 18.9. The van der Waals surface area contributed by atoms with Crippen LogP contribution in [0.1, 0.15) is 11.1 Å². The Morgan fingerprint density at radius 1 is 1.57 bits per heavy atom. The SMILES string of the molecule is Cc1ccccc1C(=S)N1CC1C#N. The summed E-state index contributed by atoms with van der Waals surface area (Å²) in [7, 11) is 0. The molecule has 0 bridgehead atoms. The van der Waals surface area contributed by atoms with Gasteiger partial charge in [-0.3, -0.25) is 0 Å². The van der Waals surface area contributed by atoms with Crippen molar-refractivity contribution in [1.29, 1.82) is 5.26 Å². The minimum atomic E-state index is 0.00195. The quantitative estimate of drug-likeness (QED) is 0.514. The van der Waals surface area contributed by atoms with Crippen molar-refractivity contribution < 1.29 is 0 Å². The van der Waals surface area contributed by atoms with Crippen LogP contribution in [-0.4, -0.2) is 22.5 Å². The molecule has 0 radical (unpaired) electrons. The van der Waals surface area contributed by atoms with Crippen LogP contribution in [0.5, 0.6) is 0 Å². The monoisotopic (exact) mass is 202 g/mol. The molecule has 2 rings (SSSR count). The molecule has 1 aliphatic heterocycles. The van der Waals surface area contributed by atoms with E-state index in [-0.39, 0.29) is 6.04 Å². The maximum Gasteiger partial charge on any atom is 0.135 e. The van der Waals surface area contributed by atoms with Gasteiger partial charge in [0.2, 0.25) is 0 Å². The van der Waals surface area contributed by atoms with E-state index in [1.54, 1.807) is 0 Å². The zero-order chi connectivity index (χ0) is 10.1. The number of hydrogen-bond donors (Lipinski definition) is 0. The Morgan fingerprint density at radius 2 is 2.29 bits per heavy atom. The Kier molecular flexibility index (Phi) is 2.22. The van der Waals surface area contributed by atoms with Crippen molar-refractivity contribution in [2.75, 3.05) is 6.54 Å². The zero-order valence-corrected chi connectivity index (χ0v) is 8.71. The van der Waals surface area contributed by atoms with Gasteiger partial charge in [0.25, 0.3) is 0 Å². The fourth-order valence-electron chi connectivity index (χ4n) is 1.44. The van der Waals surface area contributed by atoms with Crippen LogP contribution >= 0.6 is 12.2 Å². The first kappa shape index (κ1) is 9.17. The molecule has 0 amide bonds. The van der Waals surface area contributed by atoms with Crippen molar-refractivity contribution in [3.05, 3.63) is 35.4 Å². The van der Waals surface area contributed by atoms with E-state index >= 15 is 0 Å². The van der Waals surface area contributed by atoms with E-state index in [0.29, 0.717) is 0 Å². The second-order valence-electron chi connectivity index (χ2n) is 3.42. The highest BCUT2D eigenvalue weighted by Gasteiger charge is 2.36. The molecular weight excluding hydrogens is 192 g/mol. The van der Waals surface area contributed by atoms with Gasteiger partial charge in [-0.1, -0.05) is 36.5 Å². The molecule has 3 heteroatoms. The Bertz CT molecular complexity index is 420. The number of aryl methyl sites for hydroxylation is 1. The van der Waals surface area contributed by atoms with Gasteiger partial charge in [-0.2, -0.15) is 5.26 Å². The summed E-state index contributed by atoms with van der Waals surface area (Å²) in [4.78, 5) is 2.74. The zero-order valence-electron chi connectivity index (χ0n) is 7.90. The summed E-state index contributed by atoms with van der Waals surface area (Å²) < 4.78 is 0. The summed E-state index contributed by atoms with van der Waals surface area (Å²) in [5.41, 5.74) is 2.24. The number of nitriles is 1. The van der Waals surface area contributed by atoms with Crippen LogP contribution in [-0.2, 0) is 0 Å². The highest BCUT2D eigenvalue weighted by Crippen LogP contribution is 2.22. The molecule has 0 saturated carbocycles. The van der Waals surface area contributed by atoms with Gasteiger partial charge in [0.05, 0.1) is 12.6 Å².